The van der Waals surface area contributed by atoms with E-state index in [1.165, 1.54) is 0 Å². The van der Waals surface area contributed by atoms with Gasteiger partial charge in [-0.3, -0.25) is 4.98 Å². The Morgan fingerprint density at radius 2 is 1.77 bits per heavy atom. The normalized spacial score (nSPS) is 13.0. The average molecular weight is 541 g/mol. The van der Waals surface area contributed by atoms with E-state index in [4.69, 9.17) is 4.98 Å². The van der Waals surface area contributed by atoms with Gasteiger partial charge in [0.25, 0.3) is 0 Å². The van der Waals surface area contributed by atoms with Gasteiger partial charge in [0.1, 0.15) is 0 Å². The first kappa shape index (κ1) is 17.1. The molecule has 0 saturated heterocycles. The molecule has 4 aromatic rings. The number of para-hydroxylation sites is 2. The summed E-state index contributed by atoms with van der Waals surface area (Å²) < 4.78 is 0. The van der Waals surface area contributed by atoms with Crippen LogP contribution < -0.4 is 15.2 Å². The molecule has 2 aromatic heterocycles. The quantitative estimate of drug-likeness (QED) is 0.374. The monoisotopic (exact) mass is 540 g/mol. The number of anilines is 1. The van der Waals surface area contributed by atoms with Crippen LogP contribution in [0.25, 0.3) is 33.1 Å². The number of nitrogens with one attached hydrogen (secondary N) is 1. The van der Waals surface area contributed by atoms with E-state index in [1.54, 1.807) is 18.8 Å². The number of nitrogens with zero attached hydrogens (tertiary/aromatic N) is 3. The molecule has 26 heavy (non-hydrogen) atoms. The molecule has 5 rings (SSSR count). The Balaban J connectivity index is 0.000000814. The van der Waals surface area contributed by atoms with Crippen molar-refractivity contribution in [1.82, 2.24) is 15.3 Å². The van der Waals surface area contributed by atoms with E-state index in [1.807, 2.05) is 43.5 Å². The molecule has 133 valence electrons. The van der Waals surface area contributed by atoms with E-state index in [9.17, 15) is 0 Å². The summed E-state index contributed by atoms with van der Waals surface area (Å²) in [7, 11) is 4.61. The number of rotatable bonds is 2. The maximum atomic E-state index is 4.97. The first-order valence-electron chi connectivity index (χ1n) is 7.98. The molecule has 0 spiro atoms. The van der Waals surface area contributed by atoms with Crippen LogP contribution in [0.1, 0.15) is 0 Å². The summed E-state index contributed by atoms with van der Waals surface area (Å²) in [5, 5.41) is 5.41. The Morgan fingerprint density at radius 1 is 0.962 bits per heavy atom. The van der Waals surface area contributed by atoms with Crippen molar-refractivity contribution in [3.63, 3.8) is 0 Å². The van der Waals surface area contributed by atoms with Crippen molar-refractivity contribution in [2.24, 2.45) is 0 Å². The van der Waals surface area contributed by atoms with E-state index >= 15 is 0 Å². The fourth-order valence-corrected chi connectivity index (χ4v) is 3.24. The third-order valence-corrected chi connectivity index (χ3v) is 4.33. The predicted molar refractivity (Wildman–Crippen MR) is 103 cm³/mol. The molecule has 0 fully saturated rings. The Hall–Kier alpha value is -2.29. The van der Waals surface area contributed by atoms with Crippen molar-refractivity contribution in [1.29, 1.82) is 0 Å². The molecule has 1 aliphatic heterocycles. The zero-order valence-electron chi connectivity index (χ0n) is 13.5. The molecule has 1 aliphatic rings. The third-order valence-electron chi connectivity index (χ3n) is 4.33. The van der Waals surface area contributed by atoms with E-state index in [2.05, 4.69) is 61.0 Å². The van der Waals surface area contributed by atoms with Gasteiger partial charge in [-0.2, -0.15) is 6.67 Å². The fourth-order valence-electron chi connectivity index (χ4n) is 3.24. The van der Waals surface area contributed by atoms with Gasteiger partial charge in [0, 0.05) is 6.20 Å². The molecule has 0 aliphatic carbocycles. The van der Waals surface area contributed by atoms with Crippen LogP contribution in [0.4, 0.5) is 5.69 Å². The SMILES string of the molecule is C1=CN(c2cccc3c2[n-]c2c(-c4ccccn4)cccc23)[CH-]N1.[Cl][Pt]. The maximum absolute atomic E-state index is 4.97. The third kappa shape index (κ3) is 2.89. The van der Waals surface area contributed by atoms with E-state index in [0.29, 0.717) is 0 Å². The van der Waals surface area contributed by atoms with Gasteiger partial charge in [-0.1, -0.05) is 36.4 Å². The molecule has 0 unspecified atom stereocenters. The molecule has 4 nitrogen and oxygen atoms in total. The minimum atomic E-state index is 0.946. The first-order chi connectivity index (χ1) is 12.9. The van der Waals surface area contributed by atoms with Crippen molar-refractivity contribution in [3.05, 3.63) is 79.9 Å². The zero-order valence-corrected chi connectivity index (χ0v) is 16.6. The van der Waals surface area contributed by atoms with Crippen molar-refractivity contribution < 1.29 is 18.8 Å². The standard InChI is InChI=1S/C20H14N4.ClH.Pt/c1-2-10-22-17(8-1)16-7-3-5-14-15-6-4-9-18(20(15)23-19(14)16)24-12-11-21-13-24;;/h1-13,21H;1H;/q-2;;+1/p-1. The number of fused-ring (bicyclic) bond motifs is 3. The van der Waals surface area contributed by atoms with Gasteiger partial charge in [-0.15, -0.1) is 11.0 Å². The number of pyridine rings is 1. The minimum absolute atomic E-state index is 0.946. The molecule has 3 heterocycles. The zero-order chi connectivity index (χ0) is 17.9. The molecule has 1 N–H and O–H groups in total. The summed E-state index contributed by atoms with van der Waals surface area (Å²) >= 11 is 1.61. The van der Waals surface area contributed by atoms with E-state index < -0.39 is 0 Å². The Kier molecular flexibility index (Phi) is 4.96. The molecule has 0 amide bonds. The molecule has 0 atom stereocenters. The van der Waals surface area contributed by atoms with Crippen LogP contribution in [0, 0.1) is 6.67 Å². The van der Waals surface area contributed by atoms with Crippen LogP contribution >= 0.6 is 9.42 Å². The van der Waals surface area contributed by atoms with Crippen molar-refractivity contribution in [2.45, 2.75) is 0 Å². The van der Waals surface area contributed by atoms with Crippen LogP contribution in [0.2, 0.25) is 0 Å². The van der Waals surface area contributed by atoms with E-state index in [-0.39, 0.29) is 0 Å². The number of halogens is 1. The van der Waals surface area contributed by atoms with Gasteiger partial charge >= 0.3 is 28.2 Å². The molecule has 0 bridgehead atoms. The van der Waals surface area contributed by atoms with Crippen LogP contribution in [0.5, 0.6) is 0 Å². The second-order valence-corrected chi connectivity index (χ2v) is 5.72. The molecule has 2 aromatic carbocycles. The van der Waals surface area contributed by atoms with Crippen molar-refractivity contribution in [2.75, 3.05) is 4.90 Å². The van der Waals surface area contributed by atoms with Gasteiger partial charge < -0.3 is 15.2 Å². The van der Waals surface area contributed by atoms with Crippen LogP contribution in [-0.2, 0) is 18.8 Å². The number of benzene rings is 2. The first-order valence-corrected chi connectivity index (χ1v) is 10.8. The van der Waals surface area contributed by atoms with Crippen LogP contribution in [-0.4, -0.2) is 4.98 Å². The second-order valence-electron chi connectivity index (χ2n) is 5.72. The molecule has 0 saturated carbocycles. The van der Waals surface area contributed by atoms with E-state index in [0.717, 1.165) is 38.8 Å². The summed E-state index contributed by atoms with van der Waals surface area (Å²) in [6.07, 6.45) is 5.71. The molecule has 6 heteroatoms. The Bertz CT molecular complexity index is 1080. The van der Waals surface area contributed by atoms with Gasteiger partial charge in [-0.25, -0.2) is 0 Å². The van der Waals surface area contributed by atoms with Gasteiger partial charge in [0.05, 0.1) is 5.69 Å². The Morgan fingerprint density at radius 3 is 2.50 bits per heavy atom. The molecular formula is C20H14ClN4Pt-2. The van der Waals surface area contributed by atoms with Gasteiger partial charge in [0.15, 0.2) is 0 Å². The summed E-state index contributed by atoms with van der Waals surface area (Å²) in [6, 6.07) is 18.5. The summed E-state index contributed by atoms with van der Waals surface area (Å²) in [5.74, 6) is 0. The summed E-state index contributed by atoms with van der Waals surface area (Å²) in [4.78, 5) is 11.5. The predicted octanol–water partition coefficient (Wildman–Crippen LogP) is 4.70. The summed E-state index contributed by atoms with van der Waals surface area (Å²) in [6.45, 7) is 1.92. The van der Waals surface area contributed by atoms with Gasteiger partial charge in [0.2, 0.25) is 0 Å². The van der Waals surface area contributed by atoms with Crippen molar-refractivity contribution >= 4 is 36.9 Å². The Labute approximate surface area is 166 Å². The summed E-state index contributed by atoms with van der Waals surface area (Å²) in [5.41, 5.74) is 5.07. The van der Waals surface area contributed by atoms with Gasteiger partial charge in [-0.05, 0) is 52.6 Å². The molecule has 0 radical (unpaired) electrons. The fraction of sp³-hybridized carbons (Fsp3) is 0. The average Bonchev–Trinajstić information content (AvgIpc) is 3.38. The number of aromatic nitrogens is 2. The molecular weight excluding hydrogens is 527 g/mol. The van der Waals surface area contributed by atoms with Crippen molar-refractivity contribution in [3.8, 4) is 11.3 Å². The number of hydrogen-bond donors (Lipinski definition) is 1. The van der Waals surface area contributed by atoms with Crippen LogP contribution in [0.15, 0.2) is 73.2 Å². The topological polar surface area (TPSA) is 42.3 Å². The number of hydrogen-bond acceptors (Lipinski definition) is 3. The van der Waals surface area contributed by atoms with Crippen LogP contribution in [0.3, 0.4) is 0 Å². The second kappa shape index (κ2) is 7.53.